The lowest BCUT2D eigenvalue weighted by Crippen LogP contribution is -2.36. The van der Waals surface area contributed by atoms with Crippen LogP contribution in [0.3, 0.4) is 0 Å². The first-order valence-electron chi connectivity index (χ1n) is 7.84. The van der Waals surface area contributed by atoms with Crippen molar-refractivity contribution in [3.63, 3.8) is 0 Å². The molecule has 0 atom stereocenters. The van der Waals surface area contributed by atoms with Crippen molar-refractivity contribution in [2.75, 3.05) is 13.1 Å². The van der Waals surface area contributed by atoms with E-state index in [1.165, 1.54) is 10.4 Å². The first-order chi connectivity index (χ1) is 11.6. The Bertz CT molecular complexity index is 797. The number of amides is 1. The quantitative estimate of drug-likeness (QED) is 0.881. The molecule has 6 nitrogen and oxygen atoms in total. The summed E-state index contributed by atoms with van der Waals surface area (Å²) in [6, 6.07) is 5.17. The molecular weight excluding hydrogens is 346 g/mol. The maximum Gasteiger partial charge on any atom is 0.263 e. The molecule has 2 aromatic rings. The number of thiophene rings is 1. The lowest BCUT2D eigenvalue weighted by molar-refractivity contribution is 0.0952. The largest absolute Gasteiger partial charge is 0.347 e. The summed E-state index contributed by atoms with van der Waals surface area (Å²) in [5, 5.41) is 4.41. The predicted octanol–water partition coefficient (Wildman–Crippen LogP) is 2.25. The first-order valence-corrected chi connectivity index (χ1v) is 10.2. The van der Waals surface area contributed by atoms with Crippen molar-refractivity contribution in [2.45, 2.75) is 30.7 Å². The zero-order valence-corrected chi connectivity index (χ0v) is 14.8. The second kappa shape index (κ2) is 7.42. The highest BCUT2D eigenvalue weighted by molar-refractivity contribution is 7.89. The van der Waals surface area contributed by atoms with Gasteiger partial charge in [-0.15, -0.1) is 11.3 Å². The molecular formula is C16H19N3O3S2. The fourth-order valence-electron chi connectivity index (χ4n) is 2.68. The summed E-state index contributed by atoms with van der Waals surface area (Å²) in [5.74, 6) is -0.371. The summed E-state index contributed by atoms with van der Waals surface area (Å²) < 4.78 is 27.1. The fourth-order valence-corrected chi connectivity index (χ4v) is 5.51. The van der Waals surface area contributed by atoms with Crippen LogP contribution < -0.4 is 5.32 Å². The number of nitrogens with one attached hydrogen (secondary N) is 1. The van der Waals surface area contributed by atoms with Gasteiger partial charge in [0, 0.05) is 32.0 Å². The summed E-state index contributed by atoms with van der Waals surface area (Å²) >= 11 is 1.15. The third-order valence-corrected chi connectivity index (χ3v) is 6.93. The molecule has 128 valence electrons. The first kappa shape index (κ1) is 17.1. The maximum absolute atomic E-state index is 12.8. The van der Waals surface area contributed by atoms with Gasteiger partial charge < -0.3 is 5.32 Å². The van der Waals surface area contributed by atoms with Gasteiger partial charge in [-0.2, -0.15) is 4.31 Å². The van der Waals surface area contributed by atoms with Gasteiger partial charge >= 0.3 is 0 Å². The Kier molecular flexibility index (Phi) is 5.27. The van der Waals surface area contributed by atoms with Gasteiger partial charge in [0.1, 0.15) is 9.77 Å². The Morgan fingerprint density at radius 1 is 1.25 bits per heavy atom. The van der Waals surface area contributed by atoms with E-state index in [0.29, 0.717) is 19.6 Å². The average Bonchev–Trinajstić information content (AvgIpc) is 3.12. The van der Waals surface area contributed by atoms with Gasteiger partial charge in [0.15, 0.2) is 0 Å². The van der Waals surface area contributed by atoms with Crippen LogP contribution in [0.25, 0.3) is 0 Å². The van der Waals surface area contributed by atoms with Crippen molar-refractivity contribution in [2.24, 2.45) is 0 Å². The lowest BCUT2D eigenvalue weighted by Gasteiger charge is -2.25. The van der Waals surface area contributed by atoms with Crippen molar-refractivity contribution in [1.82, 2.24) is 14.6 Å². The molecule has 24 heavy (non-hydrogen) atoms. The topological polar surface area (TPSA) is 79.4 Å². The van der Waals surface area contributed by atoms with Crippen LogP contribution in [0.4, 0.5) is 0 Å². The highest BCUT2D eigenvalue weighted by atomic mass is 32.2. The molecule has 8 heteroatoms. The number of carbonyl (C=O) groups is 1. The minimum Gasteiger partial charge on any atom is -0.347 e. The molecule has 0 aromatic carbocycles. The normalized spacial score (nSPS) is 16.0. The smallest absolute Gasteiger partial charge is 0.263 e. The SMILES string of the molecule is O=C(NCc1cccnc1)c1sccc1S(=O)(=O)N1CCCCC1. The Balaban J connectivity index is 1.75. The van der Waals surface area contributed by atoms with Crippen LogP contribution in [-0.4, -0.2) is 36.7 Å². The van der Waals surface area contributed by atoms with Crippen LogP contribution in [0.2, 0.25) is 0 Å². The second-order valence-electron chi connectivity index (χ2n) is 5.62. The van der Waals surface area contributed by atoms with Crippen LogP contribution in [0.1, 0.15) is 34.5 Å². The number of hydrogen-bond donors (Lipinski definition) is 1. The van der Waals surface area contributed by atoms with E-state index in [2.05, 4.69) is 10.3 Å². The Morgan fingerprint density at radius 3 is 2.75 bits per heavy atom. The number of aromatic nitrogens is 1. The lowest BCUT2D eigenvalue weighted by atomic mass is 10.2. The number of hydrogen-bond acceptors (Lipinski definition) is 5. The zero-order valence-electron chi connectivity index (χ0n) is 13.1. The Labute approximate surface area is 145 Å². The van der Waals surface area contributed by atoms with E-state index in [4.69, 9.17) is 0 Å². The summed E-state index contributed by atoms with van der Waals surface area (Å²) in [7, 11) is -3.61. The van der Waals surface area contributed by atoms with Gasteiger partial charge in [-0.3, -0.25) is 9.78 Å². The molecule has 1 aliphatic rings. The minimum absolute atomic E-state index is 0.109. The average molecular weight is 365 g/mol. The Morgan fingerprint density at radius 2 is 2.04 bits per heavy atom. The zero-order chi connectivity index (χ0) is 17.0. The molecule has 1 fully saturated rings. The molecule has 0 unspecified atom stereocenters. The Hall–Kier alpha value is -1.77. The van der Waals surface area contributed by atoms with E-state index in [9.17, 15) is 13.2 Å². The van der Waals surface area contributed by atoms with Gasteiger partial charge in [0.25, 0.3) is 5.91 Å². The second-order valence-corrected chi connectivity index (χ2v) is 8.45. The van der Waals surface area contributed by atoms with E-state index < -0.39 is 10.0 Å². The molecule has 3 rings (SSSR count). The van der Waals surface area contributed by atoms with Gasteiger partial charge in [-0.1, -0.05) is 12.5 Å². The third-order valence-electron chi connectivity index (χ3n) is 3.94. The predicted molar refractivity (Wildman–Crippen MR) is 92.3 cm³/mol. The van der Waals surface area contributed by atoms with Crippen LogP contribution in [0.15, 0.2) is 40.9 Å². The monoisotopic (exact) mass is 365 g/mol. The van der Waals surface area contributed by atoms with Gasteiger partial charge in [0.05, 0.1) is 0 Å². The molecule has 3 heterocycles. The summed E-state index contributed by atoms with van der Waals surface area (Å²) in [6.45, 7) is 1.36. The number of pyridine rings is 1. The van der Waals surface area contributed by atoms with E-state index >= 15 is 0 Å². The van der Waals surface area contributed by atoms with Crippen molar-refractivity contribution < 1.29 is 13.2 Å². The molecule has 1 saturated heterocycles. The summed E-state index contributed by atoms with van der Waals surface area (Å²) in [4.78, 5) is 16.8. The minimum atomic E-state index is -3.61. The highest BCUT2D eigenvalue weighted by Crippen LogP contribution is 2.27. The molecule has 0 bridgehead atoms. The van der Waals surface area contributed by atoms with Gasteiger partial charge in [-0.05, 0) is 35.9 Å². The van der Waals surface area contributed by atoms with E-state index in [-0.39, 0.29) is 15.7 Å². The van der Waals surface area contributed by atoms with Crippen LogP contribution in [0.5, 0.6) is 0 Å². The third kappa shape index (κ3) is 3.66. The molecule has 1 N–H and O–H groups in total. The highest BCUT2D eigenvalue weighted by Gasteiger charge is 2.30. The van der Waals surface area contributed by atoms with Crippen molar-refractivity contribution >= 4 is 27.3 Å². The van der Waals surface area contributed by atoms with E-state index in [1.54, 1.807) is 23.8 Å². The summed E-state index contributed by atoms with van der Waals surface area (Å²) in [6.07, 6.45) is 6.11. The molecule has 2 aromatic heterocycles. The van der Waals surface area contributed by atoms with Crippen molar-refractivity contribution in [3.05, 3.63) is 46.4 Å². The number of carbonyl (C=O) groups excluding carboxylic acids is 1. The number of rotatable bonds is 5. The van der Waals surface area contributed by atoms with E-state index in [0.717, 1.165) is 36.2 Å². The number of piperidine rings is 1. The van der Waals surface area contributed by atoms with Gasteiger partial charge in [-0.25, -0.2) is 8.42 Å². The maximum atomic E-state index is 12.8. The molecule has 0 saturated carbocycles. The standard InChI is InChI=1S/C16H19N3O3S2/c20-16(18-12-13-5-4-7-17-11-13)15-14(6-10-23-15)24(21,22)19-8-2-1-3-9-19/h4-7,10-11H,1-3,8-9,12H2,(H,18,20). The van der Waals surface area contributed by atoms with Crippen molar-refractivity contribution in [1.29, 1.82) is 0 Å². The molecule has 0 radical (unpaired) electrons. The fraction of sp³-hybridized carbons (Fsp3) is 0.375. The molecule has 0 aliphatic carbocycles. The molecule has 1 aliphatic heterocycles. The van der Waals surface area contributed by atoms with Crippen LogP contribution in [-0.2, 0) is 16.6 Å². The number of sulfonamides is 1. The molecule has 0 spiro atoms. The van der Waals surface area contributed by atoms with Gasteiger partial charge in [0.2, 0.25) is 10.0 Å². The van der Waals surface area contributed by atoms with Crippen LogP contribution >= 0.6 is 11.3 Å². The summed E-state index contributed by atoms with van der Waals surface area (Å²) in [5.41, 5.74) is 0.864. The van der Waals surface area contributed by atoms with Crippen LogP contribution in [0, 0.1) is 0 Å². The van der Waals surface area contributed by atoms with Crippen molar-refractivity contribution in [3.8, 4) is 0 Å². The molecule has 1 amide bonds. The van der Waals surface area contributed by atoms with E-state index in [1.807, 2.05) is 6.07 Å². The number of nitrogens with zero attached hydrogens (tertiary/aromatic N) is 2.